The summed E-state index contributed by atoms with van der Waals surface area (Å²) < 4.78 is 7.49. The van der Waals surface area contributed by atoms with E-state index in [-0.39, 0.29) is 24.0 Å². The van der Waals surface area contributed by atoms with E-state index in [9.17, 15) is 0 Å². The summed E-state index contributed by atoms with van der Waals surface area (Å²) in [5.74, 6) is 2.06. The van der Waals surface area contributed by atoms with Crippen LogP contribution in [-0.2, 0) is 13.6 Å². The fourth-order valence-electron chi connectivity index (χ4n) is 3.55. The molecule has 0 saturated carbocycles. The number of nitrogens with one attached hydrogen (secondary N) is 1. The summed E-state index contributed by atoms with van der Waals surface area (Å²) in [7, 11) is 1.96. The lowest BCUT2D eigenvalue weighted by molar-refractivity contribution is 0.485. The second-order valence-corrected chi connectivity index (χ2v) is 7.06. The molecule has 1 aromatic carbocycles. The van der Waals surface area contributed by atoms with E-state index in [4.69, 9.17) is 9.41 Å². The van der Waals surface area contributed by atoms with Crippen molar-refractivity contribution in [1.82, 2.24) is 25.0 Å². The number of aromatic nitrogens is 3. The molecule has 0 spiro atoms. The lowest BCUT2D eigenvalue weighted by Gasteiger charge is -2.21. The Morgan fingerprint density at radius 2 is 2.14 bits per heavy atom. The minimum Gasteiger partial charge on any atom is -0.444 e. The zero-order valence-corrected chi connectivity index (χ0v) is 19.1. The second kappa shape index (κ2) is 9.91. The fraction of sp³-hybridized carbons (Fsp3) is 0.381. The number of rotatable bonds is 5. The molecule has 3 aromatic rings. The van der Waals surface area contributed by atoms with Crippen LogP contribution < -0.4 is 5.32 Å². The van der Waals surface area contributed by atoms with E-state index < -0.39 is 0 Å². The van der Waals surface area contributed by atoms with Crippen molar-refractivity contribution in [1.29, 1.82) is 0 Å². The number of oxazole rings is 1. The quantitative estimate of drug-likeness (QED) is 0.325. The van der Waals surface area contributed by atoms with Crippen molar-refractivity contribution in [2.75, 3.05) is 19.6 Å². The standard InChI is InChI=1S/C21H26N6O.HI/c1-3-22-21(27-10-9-17(14-27)18-11-24-26(2)13-18)23-12-19-15-28-20(25-19)16-7-5-4-6-8-16;/h4-8,11,13,15,17H,3,9-10,12,14H2,1-2H3,(H,22,23);1H. The van der Waals surface area contributed by atoms with Gasteiger partial charge in [0.1, 0.15) is 12.0 Å². The monoisotopic (exact) mass is 506 g/mol. The van der Waals surface area contributed by atoms with Gasteiger partial charge in [0.15, 0.2) is 5.96 Å². The third-order valence-corrected chi connectivity index (χ3v) is 4.98. The highest BCUT2D eigenvalue weighted by Crippen LogP contribution is 2.26. The lowest BCUT2D eigenvalue weighted by atomic mass is 10.0. The van der Waals surface area contributed by atoms with Gasteiger partial charge in [0, 0.05) is 44.4 Å². The number of benzene rings is 1. The Labute approximate surface area is 188 Å². The minimum atomic E-state index is 0. The van der Waals surface area contributed by atoms with Gasteiger partial charge in [-0.3, -0.25) is 4.68 Å². The van der Waals surface area contributed by atoms with Crippen molar-refractivity contribution >= 4 is 29.9 Å². The van der Waals surface area contributed by atoms with Crippen molar-refractivity contribution in [3.05, 3.63) is 60.2 Å². The third kappa shape index (κ3) is 5.17. The highest BCUT2D eigenvalue weighted by Gasteiger charge is 2.26. The smallest absolute Gasteiger partial charge is 0.226 e. The zero-order chi connectivity index (χ0) is 19.3. The van der Waals surface area contributed by atoms with Crippen LogP contribution in [0.25, 0.3) is 11.5 Å². The van der Waals surface area contributed by atoms with Crippen molar-refractivity contribution in [3.8, 4) is 11.5 Å². The maximum atomic E-state index is 5.62. The zero-order valence-electron chi connectivity index (χ0n) is 16.8. The van der Waals surface area contributed by atoms with Gasteiger partial charge in [0.2, 0.25) is 5.89 Å². The van der Waals surface area contributed by atoms with Crippen LogP contribution >= 0.6 is 24.0 Å². The van der Waals surface area contributed by atoms with Gasteiger partial charge in [-0.25, -0.2) is 9.98 Å². The van der Waals surface area contributed by atoms with Gasteiger partial charge in [-0.15, -0.1) is 24.0 Å². The molecule has 8 heteroatoms. The fourth-order valence-corrected chi connectivity index (χ4v) is 3.55. The maximum Gasteiger partial charge on any atom is 0.226 e. The Morgan fingerprint density at radius 3 is 2.86 bits per heavy atom. The van der Waals surface area contributed by atoms with E-state index in [1.54, 1.807) is 6.26 Å². The van der Waals surface area contributed by atoms with Gasteiger partial charge in [-0.2, -0.15) is 5.10 Å². The van der Waals surface area contributed by atoms with E-state index in [1.807, 2.05) is 48.3 Å². The average molecular weight is 506 g/mol. The summed E-state index contributed by atoms with van der Waals surface area (Å²) in [6.45, 7) is 5.35. The molecule has 0 radical (unpaired) electrons. The van der Waals surface area contributed by atoms with Crippen LogP contribution in [0.15, 0.2) is 58.4 Å². The van der Waals surface area contributed by atoms with Gasteiger partial charge >= 0.3 is 0 Å². The summed E-state index contributed by atoms with van der Waals surface area (Å²) >= 11 is 0. The highest BCUT2D eigenvalue weighted by atomic mass is 127. The molecule has 4 rings (SSSR count). The first kappa shape index (κ1) is 21.4. The number of aryl methyl sites for hydroxylation is 1. The molecular formula is C21H27IN6O. The Kier molecular flexibility index (Phi) is 7.29. The summed E-state index contributed by atoms with van der Waals surface area (Å²) in [5, 5.41) is 7.71. The summed E-state index contributed by atoms with van der Waals surface area (Å²) in [6.07, 6.45) is 6.88. The van der Waals surface area contributed by atoms with Crippen molar-refractivity contribution in [3.63, 3.8) is 0 Å². The first-order valence-corrected chi connectivity index (χ1v) is 9.74. The van der Waals surface area contributed by atoms with Crippen molar-refractivity contribution < 1.29 is 4.42 Å². The molecule has 0 amide bonds. The maximum absolute atomic E-state index is 5.62. The number of guanidine groups is 1. The van der Waals surface area contributed by atoms with E-state index in [2.05, 4.69) is 33.4 Å². The van der Waals surface area contributed by atoms with Gasteiger partial charge < -0.3 is 14.6 Å². The van der Waals surface area contributed by atoms with Crippen LogP contribution in [-0.4, -0.2) is 45.3 Å². The summed E-state index contributed by atoms with van der Waals surface area (Å²) in [6, 6.07) is 9.92. The SMILES string of the molecule is CCNC(=NCc1coc(-c2ccccc2)n1)N1CCC(c2cnn(C)c2)C1.I. The molecular weight excluding hydrogens is 479 g/mol. The van der Waals surface area contributed by atoms with Crippen LogP contribution in [0, 0.1) is 0 Å². The Morgan fingerprint density at radius 1 is 1.31 bits per heavy atom. The normalized spacial score (nSPS) is 16.7. The predicted octanol–water partition coefficient (Wildman–Crippen LogP) is 3.65. The number of likely N-dealkylation sites (tertiary alicyclic amines) is 1. The topological polar surface area (TPSA) is 71.5 Å². The highest BCUT2D eigenvalue weighted by molar-refractivity contribution is 14.0. The minimum absolute atomic E-state index is 0. The first-order valence-electron chi connectivity index (χ1n) is 9.74. The first-order chi connectivity index (χ1) is 13.7. The lowest BCUT2D eigenvalue weighted by Crippen LogP contribution is -2.40. The van der Waals surface area contributed by atoms with Crippen LogP contribution in [0.1, 0.15) is 30.5 Å². The molecule has 154 valence electrons. The van der Waals surface area contributed by atoms with Crippen molar-refractivity contribution in [2.45, 2.75) is 25.8 Å². The number of aliphatic imine (C=N–C) groups is 1. The number of hydrogen-bond donors (Lipinski definition) is 1. The van der Waals surface area contributed by atoms with Crippen LogP contribution in [0.2, 0.25) is 0 Å². The third-order valence-electron chi connectivity index (χ3n) is 4.98. The molecule has 2 aromatic heterocycles. The largest absolute Gasteiger partial charge is 0.444 e. The summed E-state index contributed by atoms with van der Waals surface area (Å²) in [4.78, 5) is 11.7. The number of halogens is 1. The molecule has 29 heavy (non-hydrogen) atoms. The molecule has 1 aliphatic rings. The van der Waals surface area contributed by atoms with Gasteiger partial charge in [0.25, 0.3) is 0 Å². The van der Waals surface area contributed by atoms with Crippen molar-refractivity contribution in [2.24, 2.45) is 12.0 Å². The number of nitrogens with zero attached hydrogens (tertiary/aromatic N) is 5. The molecule has 1 aliphatic heterocycles. The molecule has 1 saturated heterocycles. The predicted molar refractivity (Wildman–Crippen MR) is 124 cm³/mol. The molecule has 7 nitrogen and oxygen atoms in total. The molecule has 1 N–H and O–H groups in total. The Balaban J connectivity index is 0.00000240. The van der Waals surface area contributed by atoms with Gasteiger partial charge in [0.05, 0.1) is 12.7 Å². The van der Waals surface area contributed by atoms with Gasteiger partial charge in [-0.1, -0.05) is 18.2 Å². The second-order valence-electron chi connectivity index (χ2n) is 7.06. The van der Waals surface area contributed by atoms with E-state index in [0.717, 1.165) is 43.3 Å². The van der Waals surface area contributed by atoms with E-state index >= 15 is 0 Å². The number of hydrogen-bond acceptors (Lipinski definition) is 4. The van der Waals surface area contributed by atoms with Gasteiger partial charge in [-0.05, 0) is 31.0 Å². The summed E-state index contributed by atoms with van der Waals surface area (Å²) in [5.41, 5.74) is 3.10. The van der Waals surface area contributed by atoms with E-state index in [0.29, 0.717) is 18.4 Å². The molecule has 0 bridgehead atoms. The average Bonchev–Trinajstić information content (AvgIpc) is 3.46. The molecule has 3 heterocycles. The molecule has 1 fully saturated rings. The Hall–Kier alpha value is -2.36. The molecule has 1 atom stereocenters. The van der Waals surface area contributed by atoms with Crippen LogP contribution in [0.5, 0.6) is 0 Å². The molecule has 1 unspecified atom stereocenters. The Bertz CT molecular complexity index is 936. The molecule has 0 aliphatic carbocycles. The van der Waals surface area contributed by atoms with E-state index in [1.165, 1.54) is 5.56 Å². The van der Waals surface area contributed by atoms with Crippen LogP contribution in [0.3, 0.4) is 0 Å². The van der Waals surface area contributed by atoms with Crippen LogP contribution in [0.4, 0.5) is 0 Å².